The second-order valence-electron chi connectivity index (χ2n) is 16.4. The second kappa shape index (κ2) is 14.4. The normalized spacial score (nSPS) is 12.1. The number of para-hydroxylation sites is 3. The SMILES string of the molecule is C[n+]1cn(-c2cc(Oc3ccc4c5ccccc5n(-c5cc(C(C)(C)C)ccn5)c4c3)cc([Si](c3ccccc3)(c3ccccc3)c3ccccc3)c2)c2ccccc21. The van der Waals surface area contributed by atoms with E-state index in [4.69, 9.17) is 9.72 Å². The zero-order valence-electron chi connectivity index (χ0n) is 33.7. The van der Waals surface area contributed by atoms with Gasteiger partial charge in [0.25, 0.3) is 0 Å². The van der Waals surface area contributed by atoms with E-state index in [1.54, 1.807) is 0 Å². The van der Waals surface area contributed by atoms with E-state index in [9.17, 15) is 0 Å². The van der Waals surface area contributed by atoms with Gasteiger partial charge in [-0.2, -0.15) is 4.57 Å². The molecule has 0 saturated heterocycles. The molecule has 10 aromatic rings. The molecule has 0 unspecified atom stereocenters. The molecule has 0 N–H and O–H groups in total. The van der Waals surface area contributed by atoms with Gasteiger partial charge in [0.05, 0.1) is 18.1 Å². The fraction of sp³-hybridized carbons (Fsp3) is 0.0943. The Hall–Kier alpha value is -7.02. The summed E-state index contributed by atoms with van der Waals surface area (Å²) in [6.45, 7) is 6.73. The molecule has 0 aliphatic carbocycles. The fourth-order valence-electron chi connectivity index (χ4n) is 8.94. The number of hydrogen-bond acceptors (Lipinski definition) is 2. The van der Waals surface area contributed by atoms with Gasteiger partial charge < -0.3 is 4.74 Å². The Morgan fingerprint density at radius 1 is 0.525 bits per heavy atom. The third-order valence-electron chi connectivity index (χ3n) is 11.8. The lowest BCUT2D eigenvalue weighted by molar-refractivity contribution is -0.645. The van der Waals surface area contributed by atoms with E-state index in [0.29, 0.717) is 0 Å². The highest BCUT2D eigenvalue weighted by atomic mass is 28.3. The van der Waals surface area contributed by atoms with Gasteiger partial charge in [-0.1, -0.05) is 142 Å². The van der Waals surface area contributed by atoms with Gasteiger partial charge in [0.2, 0.25) is 6.33 Å². The van der Waals surface area contributed by atoms with Crippen LogP contribution in [-0.2, 0) is 12.5 Å². The molecular formula is C53H45N4OSi+. The van der Waals surface area contributed by atoms with Crippen LogP contribution in [0.15, 0.2) is 201 Å². The van der Waals surface area contributed by atoms with Gasteiger partial charge >= 0.3 is 0 Å². The van der Waals surface area contributed by atoms with Gasteiger partial charge in [-0.3, -0.25) is 4.57 Å². The van der Waals surface area contributed by atoms with Gasteiger partial charge in [0.15, 0.2) is 19.1 Å². The fourth-order valence-corrected chi connectivity index (χ4v) is 13.7. The van der Waals surface area contributed by atoms with Crippen LogP contribution in [0.1, 0.15) is 26.3 Å². The molecule has 0 atom stereocenters. The topological polar surface area (TPSA) is 35.9 Å². The van der Waals surface area contributed by atoms with Crippen LogP contribution in [0.4, 0.5) is 0 Å². The maximum absolute atomic E-state index is 7.14. The van der Waals surface area contributed by atoms with Gasteiger partial charge in [-0.15, -0.1) is 0 Å². The van der Waals surface area contributed by atoms with Crippen molar-refractivity contribution in [1.29, 1.82) is 0 Å². The van der Waals surface area contributed by atoms with E-state index in [0.717, 1.165) is 50.5 Å². The predicted molar refractivity (Wildman–Crippen MR) is 245 cm³/mol. The number of fused-ring (bicyclic) bond motifs is 4. The summed E-state index contributed by atoms with van der Waals surface area (Å²) in [5.74, 6) is 2.42. The average molecular weight is 782 g/mol. The lowest BCUT2D eigenvalue weighted by atomic mass is 9.88. The highest BCUT2D eigenvalue weighted by Gasteiger charge is 2.42. The number of imidazole rings is 1. The Labute approximate surface area is 346 Å². The zero-order chi connectivity index (χ0) is 40.1. The van der Waals surface area contributed by atoms with Crippen molar-refractivity contribution in [3.8, 4) is 23.0 Å². The van der Waals surface area contributed by atoms with Crippen molar-refractivity contribution in [3.63, 3.8) is 0 Å². The summed E-state index contributed by atoms with van der Waals surface area (Å²) < 4.78 is 13.9. The Kier molecular flexibility index (Phi) is 8.88. The summed E-state index contributed by atoms with van der Waals surface area (Å²) >= 11 is 0. The van der Waals surface area contributed by atoms with Crippen LogP contribution in [-0.4, -0.2) is 22.2 Å². The first-order valence-electron chi connectivity index (χ1n) is 20.3. The average Bonchev–Trinajstić information content (AvgIpc) is 3.79. The lowest BCUT2D eigenvalue weighted by Gasteiger charge is -2.34. The first-order chi connectivity index (χ1) is 28.8. The van der Waals surface area contributed by atoms with E-state index in [1.807, 2.05) is 6.20 Å². The monoisotopic (exact) mass is 781 g/mol. The maximum atomic E-state index is 7.14. The smallest absolute Gasteiger partial charge is 0.249 e. The highest BCUT2D eigenvalue weighted by Crippen LogP contribution is 2.36. The van der Waals surface area contributed by atoms with E-state index >= 15 is 0 Å². The largest absolute Gasteiger partial charge is 0.457 e. The molecule has 59 heavy (non-hydrogen) atoms. The van der Waals surface area contributed by atoms with Crippen molar-refractivity contribution in [2.24, 2.45) is 7.05 Å². The van der Waals surface area contributed by atoms with Crippen LogP contribution < -0.4 is 30.1 Å². The number of benzene rings is 7. The van der Waals surface area contributed by atoms with Crippen LogP contribution in [0.3, 0.4) is 0 Å². The van der Waals surface area contributed by atoms with Crippen LogP contribution in [0.2, 0.25) is 0 Å². The van der Waals surface area contributed by atoms with Gasteiger partial charge in [0, 0.05) is 29.1 Å². The highest BCUT2D eigenvalue weighted by molar-refractivity contribution is 7.20. The molecular weight excluding hydrogens is 737 g/mol. The van der Waals surface area contributed by atoms with Crippen molar-refractivity contribution in [3.05, 3.63) is 206 Å². The molecule has 0 bridgehead atoms. The Bertz CT molecular complexity index is 3030. The molecule has 6 heteroatoms. The third kappa shape index (κ3) is 6.24. The van der Waals surface area contributed by atoms with E-state index < -0.39 is 8.07 Å². The number of rotatable bonds is 8. The first kappa shape index (κ1) is 36.3. The molecule has 3 aromatic heterocycles. The molecule has 0 radical (unpaired) electrons. The van der Waals surface area contributed by atoms with E-state index in [1.165, 1.54) is 31.7 Å². The number of ether oxygens (including phenoxy) is 1. The molecule has 3 heterocycles. The molecule has 0 aliphatic heterocycles. The molecule has 0 spiro atoms. The van der Waals surface area contributed by atoms with Crippen LogP contribution >= 0.6 is 0 Å². The maximum Gasteiger partial charge on any atom is 0.249 e. The summed E-state index contributed by atoms with van der Waals surface area (Å²) in [6.07, 6.45) is 4.10. The van der Waals surface area contributed by atoms with Crippen molar-refractivity contribution < 1.29 is 9.30 Å². The molecule has 5 nitrogen and oxygen atoms in total. The Morgan fingerprint density at radius 2 is 1.12 bits per heavy atom. The lowest BCUT2D eigenvalue weighted by Crippen LogP contribution is -2.74. The van der Waals surface area contributed by atoms with Crippen molar-refractivity contribution in [1.82, 2.24) is 14.1 Å². The van der Waals surface area contributed by atoms with Gasteiger partial charge in [0.1, 0.15) is 23.0 Å². The van der Waals surface area contributed by atoms with Crippen LogP contribution in [0.25, 0.3) is 44.3 Å². The van der Waals surface area contributed by atoms with Crippen molar-refractivity contribution >= 4 is 61.7 Å². The molecule has 7 aromatic carbocycles. The first-order valence-corrected chi connectivity index (χ1v) is 22.3. The number of nitrogens with zero attached hydrogens (tertiary/aromatic N) is 4. The second-order valence-corrected chi connectivity index (χ2v) is 20.2. The minimum absolute atomic E-state index is 0.0205. The van der Waals surface area contributed by atoms with Crippen LogP contribution in [0.5, 0.6) is 11.5 Å². The number of aromatic nitrogens is 4. The number of hydrogen-bond donors (Lipinski definition) is 0. The standard InChI is InChI=1S/C53H45N4OSi/c1-53(2,3)38-30-31-54-52(32-38)57-48-25-15-14-24-46(48)47-29-28-40(36-51(47)57)58-41-33-39(56-37-55(4)49-26-16-17-27-50(49)56)34-45(35-41)59(42-18-8-5-9-19-42,43-20-10-6-11-21-43)44-22-12-7-13-23-44/h5-37H,1-4H3/q+1. The number of aryl methyl sites for hydroxylation is 1. The predicted octanol–water partition coefficient (Wildman–Crippen LogP) is 9.41. The van der Waals surface area contributed by atoms with E-state index in [2.05, 4.69) is 236 Å². The Morgan fingerprint density at radius 3 is 1.78 bits per heavy atom. The zero-order valence-corrected chi connectivity index (χ0v) is 34.7. The molecule has 0 aliphatic rings. The summed E-state index contributed by atoms with van der Waals surface area (Å²) in [5, 5.41) is 7.48. The minimum Gasteiger partial charge on any atom is -0.457 e. The summed E-state index contributed by atoms with van der Waals surface area (Å²) in [6, 6.07) is 68.0. The molecule has 0 saturated carbocycles. The quantitative estimate of drug-likeness (QED) is 0.0876. The molecule has 10 rings (SSSR count). The molecule has 286 valence electrons. The summed E-state index contributed by atoms with van der Waals surface area (Å²) in [7, 11) is -0.817. The summed E-state index contributed by atoms with van der Waals surface area (Å²) in [5.41, 5.74) is 6.68. The van der Waals surface area contributed by atoms with Gasteiger partial charge in [-0.25, -0.2) is 9.55 Å². The van der Waals surface area contributed by atoms with E-state index in [-0.39, 0.29) is 5.41 Å². The minimum atomic E-state index is -2.93. The molecule has 0 fully saturated rings. The van der Waals surface area contributed by atoms with Crippen molar-refractivity contribution in [2.45, 2.75) is 26.2 Å². The Balaban J connectivity index is 1.22. The third-order valence-corrected chi connectivity index (χ3v) is 16.5. The van der Waals surface area contributed by atoms with Crippen molar-refractivity contribution in [2.75, 3.05) is 0 Å². The molecule has 0 amide bonds. The number of pyridine rings is 1. The summed E-state index contributed by atoms with van der Waals surface area (Å²) in [4.78, 5) is 4.93. The van der Waals surface area contributed by atoms with Crippen LogP contribution in [0, 0.1) is 0 Å². The van der Waals surface area contributed by atoms with Gasteiger partial charge in [-0.05, 0) is 86.3 Å².